The number of hydrogen-bond acceptors (Lipinski definition) is 4. The van der Waals surface area contributed by atoms with Crippen molar-refractivity contribution in [2.75, 3.05) is 26.3 Å². The van der Waals surface area contributed by atoms with E-state index in [1.807, 2.05) is 23.1 Å². The van der Waals surface area contributed by atoms with E-state index < -0.39 is 0 Å². The third kappa shape index (κ3) is 2.22. The topological polar surface area (TPSA) is 55.6 Å². The van der Waals surface area contributed by atoms with Gasteiger partial charge in [-0.15, -0.1) is 0 Å². The van der Waals surface area contributed by atoms with Gasteiger partial charge in [0.15, 0.2) is 12.0 Å². The third-order valence-corrected chi connectivity index (χ3v) is 3.11. The first-order chi connectivity index (χ1) is 8.83. The number of nitrogens with zero attached hydrogens (tertiary/aromatic N) is 2. The van der Waals surface area contributed by atoms with Gasteiger partial charge in [-0.2, -0.15) is 0 Å². The van der Waals surface area contributed by atoms with Crippen LogP contribution in [0.15, 0.2) is 29.0 Å². The molecule has 1 fully saturated rings. The van der Waals surface area contributed by atoms with Gasteiger partial charge in [0, 0.05) is 13.1 Å². The zero-order valence-electron chi connectivity index (χ0n) is 9.96. The van der Waals surface area contributed by atoms with E-state index in [4.69, 9.17) is 9.15 Å². The lowest BCUT2D eigenvalue weighted by molar-refractivity contribution is -0.134. The summed E-state index contributed by atoms with van der Waals surface area (Å²) in [5.41, 5.74) is 2.50. The highest BCUT2D eigenvalue weighted by atomic mass is 16.5. The summed E-state index contributed by atoms with van der Waals surface area (Å²) in [5.74, 6) is 0.136. The second-order valence-electron chi connectivity index (χ2n) is 4.32. The van der Waals surface area contributed by atoms with Gasteiger partial charge < -0.3 is 14.1 Å². The van der Waals surface area contributed by atoms with E-state index in [-0.39, 0.29) is 5.91 Å². The maximum Gasteiger partial charge on any atom is 0.227 e. The van der Waals surface area contributed by atoms with Crippen LogP contribution >= 0.6 is 0 Å². The number of ether oxygens (including phenoxy) is 1. The largest absolute Gasteiger partial charge is 0.443 e. The predicted octanol–water partition coefficient (Wildman–Crippen LogP) is 1.23. The van der Waals surface area contributed by atoms with Gasteiger partial charge in [0.1, 0.15) is 5.52 Å². The molecule has 2 heterocycles. The van der Waals surface area contributed by atoms with E-state index >= 15 is 0 Å². The number of carbonyl (C=O) groups is 1. The zero-order chi connectivity index (χ0) is 12.4. The van der Waals surface area contributed by atoms with Crippen LogP contribution in [0.5, 0.6) is 0 Å². The van der Waals surface area contributed by atoms with Gasteiger partial charge in [-0.05, 0) is 17.7 Å². The van der Waals surface area contributed by atoms with E-state index in [1.165, 1.54) is 6.39 Å². The summed E-state index contributed by atoms with van der Waals surface area (Å²) in [6.07, 6.45) is 1.81. The molecule has 1 aromatic heterocycles. The van der Waals surface area contributed by atoms with E-state index in [9.17, 15) is 4.79 Å². The molecule has 0 aliphatic carbocycles. The summed E-state index contributed by atoms with van der Waals surface area (Å²) < 4.78 is 10.5. The monoisotopic (exact) mass is 246 g/mol. The smallest absolute Gasteiger partial charge is 0.227 e. The van der Waals surface area contributed by atoms with Gasteiger partial charge in [0.05, 0.1) is 19.6 Å². The number of rotatable bonds is 2. The Kier molecular flexibility index (Phi) is 2.98. The fourth-order valence-corrected chi connectivity index (χ4v) is 2.11. The van der Waals surface area contributed by atoms with Gasteiger partial charge in [-0.3, -0.25) is 4.79 Å². The fraction of sp³-hybridized carbons (Fsp3) is 0.385. The molecule has 0 atom stereocenters. The molecule has 1 saturated heterocycles. The maximum atomic E-state index is 12.1. The van der Waals surface area contributed by atoms with Crippen LogP contribution in [0.2, 0.25) is 0 Å². The lowest BCUT2D eigenvalue weighted by atomic mass is 10.1. The highest BCUT2D eigenvalue weighted by molar-refractivity contribution is 5.81. The molecule has 5 heteroatoms. The van der Waals surface area contributed by atoms with Crippen molar-refractivity contribution >= 4 is 17.0 Å². The van der Waals surface area contributed by atoms with Crippen LogP contribution in [0.3, 0.4) is 0 Å². The molecule has 0 N–H and O–H groups in total. The number of fused-ring (bicyclic) bond motifs is 1. The van der Waals surface area contributed by atoms with Crippen LogP contribution in [0.25, 0.3) is 11.1 Å². The summed E-state index contributed by atoms with van der Waals surface area (Å²) in [7, 11) is 0. The summed E-state index contributed by atoms with van der Waals surface area (Å²) in [6, 6.07) is 5.67. The fourth-order valence-electron chi connectivity index (χ4n) is 2.11. The number of aromatic nitrogens is 1. The second kappa shape index (κ2) is 4.78. The molecule has 1 amide bonds. The molecule has 0 bridgehead atoms. The summed E-state index contributed by atoms with van der Waals surface area (Å²) in [5, 5.41) is 0. The van der Waals surface area contributed by atoms with Crippen molar-refractivity contribution < 1.29 is 13.9 Å². The van der Waals surface area contributed by atoms with Crippen molar-refractivity contribution in [3.05, 3.63) is 30.2 Å². The first-order valence-electron chi connectivity index (χ1n) is 6.00. The Labute approximate surface area is 104 Å². The Balaban J connectivity index is 1.72. The average molecular weight is 246 g/mol. The Morgan fingerprint density at radius 3 is 3.00 bits per heavy atom. The van der Waals surface area contributed by atoms with E-state index in [0.29, 0.717) is 32.7 Å². The molecule has 0 unspecified atom stereocenters. The average Bonchev–Trinajstić information content (AvgIpc) is 2.87. The van der Waals surface area contributed by atoms with E-state index in [0.717, 1.165) is 16.7 Å². The van der Waals surface area contributed by atoms with Gasteiger partial charge in [0.25, 0.3) is 0 Å². The second-order valence-corrected chi connectivity index (χ2v) is 4.32. The number of hydrogen-bond donors (Lipinski definition) is 0. The highest BCUT2D eigenvalue weighted by Crippen LogP contribution is 2.15. The predicted molar refractivity (Wildman–Crippen MR) is 65.1 cm³/mol. The molecule has 0 spiro atoms. The molecule has 1 aliphatic heterocycles. The van der Waals surface area contributed by atoms with E-state index in [2.05, 4.69) is 4.98 Å². The third-order valence-electron chi connectivity index (χ3n) is 3.11. The van der Waals surface area contributed by atoms with Gasteiger partial charge in [-0.25, -0.2) is 4.98 Å². The summed E-state index contributed by atoms with van der Waals surface area (Å²) in [4.78, 5) is 18.0. The van der Waals surface area contributed by atoms with Crippen LogP contribution in [-0.2, 0) is 16.0 Å². The Hall–Kier alpha value is -1.88. The lowest BCUT2D eigenvalue weighted by Gasteiger charge is -2.26. The van der Waals surface area contributed by atoms with Crippen molar-refractivity contribution in [2.45, 2.75) is 6.42 Å². The Bertz CT molecular complexity index is 558. The van der Waals surface area contributed by atoms with Gasteiger partial charge in [0.2, 0.25) is 5.91 Å². The molecule has 94 valence electrons. The number of morpholine rings is 1. The lowest BCUT2D eigenvalue weighted by Crippen LogP contribution is -2.41. The summed E-state index contributed by atoms with van der Waals surface area (Å²) in [6.45, 7) is 2.63. The number of carbonyl (C=O) groups excluding carboxylic acids is 1. The molecule has 2 aromatic rings. The van der Waals surface area contributed by atoms with Crippen LogP contribution in [0.4, 0.5) is 0 Å². The van der Waals surface area contributed by atoms with Crippen LogP contribution < -0.4 is 0 Å². The van der Waals surface area contributed by atoms with Crippen molar-refractivity contribution in [1.82, 2.24) is 9.88 Å². The van der Waals surface area contributed by atoms with Crippen LogP contribution in [-0.4, -0.2) is 42.1 Å². The molecule has 1 aromatic carbocycles. The number of amides is 1. The standard InChI is InChI=1S/C13H14N2O3/c16-13(15-3-5-17-6-4-15)8-10-1-2-11-12(7-10)18-9-14-11/h1-2,7,9H,3-6,8H2. The quantitative estimate of drug-likeness (QED) is 0.799. The molecule has 5 nitrogen and oxygen atoms in total. The molecule has 0 radical (unpaired) electrons. The normalized spacial score (nSPS) is 16.1. The van der Waals surface area contributed by atoms with Crippen LogP contribution in [0.1, 0.15) is 5.56 Å². The molecular weight excluding hydrogens is 232 g/mol. The highest BCUT2D eigenvalue weighted by Gasteiger charge is 2.17. The minimum absolute atomic E-state index is 0.136. The minimum Gasteiger partial charge on any atom is -0.443 e. The Morgan fingerprint density at radius 1 is 1.33 bits per heavy atom. The number of oxazole rings is 1. The number of benzene rings is 1. The molecule has 18 heavy (non-hydrogen) atoms. The SMILES string of the molecule is O=C(Cc1ccc2ncoc2c1)N1CCOCC1. The maximum absolute atomic E-state index is 12.1. The molecular formula is C13H14N2O3. The van der Waals surface area contributed by atoms with Crippen molar-refractivity contribution in [2.24, 2.45) is 0 Å². The molecule has 3 rings (SSSR count). The van der Waals surface area contributed by atoms with Gasteiger partial charge in [-0.1, -0.05) is 6.07 Å². The zero-order valence-corrected chi connectivity index (χ0v) is 9.96. The van der Waals surface area contributed by atoms with Crippen LogP contribution in [0, 0.1) is 0 Å². The van der Waals surface area contributed by atoms with E-state index in [1.54, 1.807) is 0 Å². The molecule has 1 aliphatic rings. The molecule has 0 saturated carbocycles. The van der Waals surface area contributed by atoms with Crippen molar-refractivity contribution in [1.29, 1.82) is 0 Å². The van der Waals surface area contributed by atoms with Gasteiger partial charge >= 0.3 is 0 Å². The first-order valence-corrected chi connectivity index (χ1v) is 6.00. The first kappa shape index (κ1) is 11.2. The van der Waals surface area contributed by atoms with Crippen molar-refractivity contribution in [3.63, 3.8) is 0 Å². The summed E-state index contributed by atoms with van der Waals surface area (Å²) >= 11 is 0. The minimum atomic E-state index is 0.136. The Morgan fingerprint density at radius 2 is 2.17 bits per heavy atom. The van der Waals surface area contributed by atoms with Crippen molar-refractivity contribution in [3.8, 4) is 0 Å².